The summed E-state index contributed by atoms with van der Waals surface area (Å²) in [6, 6.07) is 7.59. The molecule has 0 aliphatic carbocycles. The summed E-state index contributed by atoms with van der Waals surface area (Å²) in [4.78, 5) is 13.0. The molecular formula is C21H26ClN5. The fourth-order valence-electron chi connectivity index (χ4n) is 2.57. The summed E-state index contributed by atoms with van der Waals surface area (Å²) < 4.78 is 0. The van der Waals surface area contributed by atoms with E-state index in [4.69, 9.17) is 23.1 Å². The van der Waals surface area contributed by atoms with E-state index in [1.165, 1.54) is 6.20 Å². The SMILES string of the molecule is CN=Cc1ccc(-c2ncc(Cl)cc2C(C=NCCC(C)C)=CN)cc1N. The van der Waals surface area contributed by atoms with Crippen molar-refractivity contribution in [3.05, 3.63) is 52.8 Å². The third-order valence-corrected chi connectivity index (χ3v) is 4.25. The van der Waals surface area contributed by atoms with Gasteiger partial charge in [0.15, 0.2) is 0 Å². The van der Waals surface area contributed by atoms with Crippen molar-refractivity contribution in [1.29, 1.82) is 0 Å². The second-order valence-corrected chi connectivity index (χ2v) is 7.06. The standard InChI is InChI=1S/C21H26ClN5/c1-14(2)6-7-26-12-17(10-23)19-9-18(22)13-27-21(19)15-4-5-16(11-25-3)20(24)8-15/h4-5,8-14H,6-7,23-24H2,1-3H3. The molecule has 142 valence electrons. The summed E-state index contributed by atoms with van der Waals surface area (Å²) in [6.45, 7) is 5.09. The number of benzene rings is 1. The molecule has 1 aromatic carbocycles. The van der Waals surface area contributed by atoms with E-state index >= 15 is 0 Å². The maximum atomic E-state index is 6.19. The lowest BCUT2D eigenvalue weighted by Gasteiger charge is -2.11. The molecule has 0 bridgehead atoms. The normalized spacial score (nSPS) is 12.6. The number of nitrogens with zero attached hydrogens (tertiary/aromatic N) is 3. The molecule has 5 nitrogen and oxygen atoms in total. The molecule has 0 saturated heterocycles. The Hall–Kier alpha value is -2.66. The Morgan fingerprint density at radius 3 is 2.70 bits per heavy atom. The molecule has 2 aromatic rings. The van der Waals surface area contributed by atoms with Gasteiger partial charge in [0.2, 0.25) is 0 Å². The van der Waals surface area contributed by atoms with E-state index in [0.29, 0.717) is 16.6 Å². The molecule has 0 aliphatic rings. The van der Waals surface area contributed by atoms with Crippen molar-refractivity contribution in [3.8, 4) is 11.3 Å². The second kappa shape index (κ2) is 9.88. The Labute approximate surface area is 165 Å². The maximum Gasteiger partial charge on any atom is 0.0783 e. The zero-order chi connectivity index (χ0) is 19.8. The van der Waals surface area contributed by atoms with Crippen LogP contribution in [0.3, 0.4) is 0 Å². The highest BCUT2D eigenvalue weighted by molar-refractivity contribution is 6.31. The van der Waals surface area contributed by atoms with Gasteiger partial charge in [-0.15, -0.1) is 0 Å². The lowest BCUT2D eigenvalue weighted by Crippen LogP contribution is -2.00. The molecule has 0 unspecified atom stereocenters. The predicted octanol–water partition coefficient (Wildman–Crippen LogP) is 4.45. The van der Waals surface area contributed by atoms with Gasteiger partial charge in [-0.25, -0.2) is 0 Å². The minimum atomic E-state index is 0.534. The molecule has 0 amide bonds. The summed E-state index contributed by atoms with van der Waals surface area (Å²) in [6.07, 6.45) is 7.66. The summed E-state index contributed by atoms with van der Waals surface area (Å²) in [7, 11) is 1.71. The number of allylic oxidation sites excluding steroid dienone is 1. The summed E-state index contributed by atoms with van der Waals surface area (Å²) in [5.74, 6) is 0.601. The third kappa shape index (κ3) is 5.66. The molecule has 0 spiro atoms. The van der Waals surface area contributed by atoms with E-state index in [2.05, 4.69) is 28.8 Å². The van der Waals surface area contributed by atoms with Gasteiger partial charge in [0.05, 0.1) is 10.7 Å². The van der Waals surface area contributed by atoms with Crippen molar-refractivity contribution in [2.45, 2.75) is 20.3 Å². The van der Waals surface area contributed by atoms with Gasteiger partial charge >= 0.3 is 0 Å². The van der Waals surface area contributed by atoms with Gasteiger partial charge in [-0.1, -0.05) is 37.6 Å². The molecule has 6 heteroatoms. The van der Waals surface area contributed by atoms with Crippen LogP contribution in [0.5, 0.6) is 0 Å². The van der Waals surface area contributed by atoms with Crippen molar-refractivity contribution in [1.82, 2.24) is 4.98 Å². The van der Waals surface area contributed by atoms with E-state index in [9.17, 15) is 0 Å². The highest BCUT2D eigenvalue weighted by Crippen LogP contribution is 2.30. The Morgan fingerprint density at radius 1 is 1.30 bits per heavy atom. The lowest BCUT2D eigenvalue weighted by molar-refractivity contribution is 0.598. The average Bonchev–Trinajstić information content (AvgIpc) is 2.63. The van der Waals surface area contributed by atoms with Gasteiger partial charge in [-0.05, 0) is 24.5 Å². The lowest BCUT2D eigenvalue weighted by atomic mass is 9.99. The molecular weight excluding hydrogens is 358 g/mol. The van der Waals surface area contributed by atoms with Crippen LogP contribution in [0.15, 0.2) is 46.6 Å². The minimum absolute atomic E-state index is 0.534. The Kier molecular flexibility index (Phi) is 7.55. The minimum Gasteiger partial charge on any atom is -0.404 e. The van der Waals surface area contributed by atoms with Gasteiger partial charge in [-0.2, -0.15) is 0 Å². The van der Waals surface area contributed by atoms with Crippen LogP contribution < -0.4 is 11.5 Å². The summed E-state index contributed by atoms with van der Waals surface area (Å²) in [5, 5.41) is 0.534. The number of hydrogen-bond donors (Lipinski definition) is 2. The van der Waals surface area contributed by atoms with Crippen molar-refractivity contribution in [3.63, 3.8) is 0 Å². The van der Waals surface area contributed by atoms with Crippen LogP contribution >= 0.6 is 11.6 Å². The van der Waals surface area contributed by atoms with Crippen molar-refractivity contribution >= 4 is 35.3 Å². The zero-order valence-corrected chi connectivity index (χ0v) is 16.7. The second-order valence-electron chi connectivity index (χ2n) is 6.62. The van der Waals surface area contributed by atoms with Crippen LogP contribution in [0, 0.1) is 5.92 Å². The molecule has 1 heterocycles. The molecule has 4 N–H and O–H groups in total. The smallest absolute Gasteiger partial charge is 0.0783 e. The monoisotopic (exact) mass is 383 g/mol. The number of nitrogen functional groups attached to an aromatic ring is 1. The number of nitrogens with two attached hydrogens (primary N) is 2. The number of pyridine rings is 1. The van der Waals surface area contributed by atoms with Crippen molar-refractivity contribution in [2.75, 3.05) is 19.3 Å². The molecule has 2 rings (SSSR count). The fraction of sp³-hybridized carbons (Fsp3) is 0.286. The van der Waals surface area contributed by atoms with Gasteiger partial charge in [-0.3, -0.25) is 15.0 Å². The first-order valence-electron chi connectivity index (χ1n) is 8.86. The zero-order valence-electron chi connectivity index (χ0n) is 16.0. The van der Waals surface area contributed by atoms with Crippen molar-refractivity contribution < 1.29 is 0 Å². The van der Waals surface area contributed by atoms with E-state index in [0.717, 1.165) is 40.9 Å². The number of aliphatic imine (C=N–C) groups is 2. The van der Waals surface area contributed by atoms with Crippen LogP contribution in [0.4, 0.5) is 5.69 Å². The average molecular weight is 384 g/mol. The highest BCUT2D eigenvalue weighted by Gasteiger charge is 2.12. The quantitative estimate of drug-likeness (QED) is 0.546. The number of hydrogen-bond acceptors (Lipinski definition) is 5. The topological polar surface area (TPSA) is 89.6 Å². The maximum absolute atomic E-state index is 6.19. The third-order valence-electron chi connectivity index (χ3n) is 4.04. The number of rotatable bonds is 7. The van der Waals surface area contributed by atoms with Crippen LogP contribution in [-0.2, 0) is 0 Å². The van der Waals surface area contributed by atoms with E-state index in [1.54, 1.807) is 25.7 Å². The van der Waals surface area contributed by atoms with Crippen LogP contribution in [0.25, 0.3) is 16.8 Å². The molecule has 27 heavy (non-hydrogen) atoms. The first kappa shape index (κ1) is 20.6. The predicted molar refractivity (Wildman–Crippen MR) is 118 cm³/mol. The summed E-state index contributed by atoms with van der Waals surface area (Å²) >= 11 is 6.19. The number of halogens is 1. The Balaban J connectivity index is 2.43. The van der Waals surface area contributed by atoms with Crippen LogP contribution in [-0.4, -0.2) is 31.0 Å². The van der Waals surface area contributed by atoms with Crippen LogP contribution in [0.2, 0.25) is 5.02 Å². The Morgan fingerprint density at radius 2 is 2.07 bits per heavy atom. The molecule has 0 radical (unpaired) electrons. The first-order valence-corrected chi connectivity index (χ1v) is 9.23. The van der Waals surface area contributed by atoms with Crippen molar-refractivity contribution in [2.24, 2.45) is 21.6 Å². The largest absolute Gasteiger partial charge is 0.404 e. The van der Waals surface area contributed by atoms with E-state index < -0.39 is 0 Å². The molecule has 0 aliphatic heterocycles. The Bertz CT molecular complexity index is 869. The summed E-state index contributed by atoms with van der Waals surface area (Å²) in [5.41, 5.74) is 16.7. The molecule has 0 atom stereocenters. The number of aromatic nitrogens is 1. The molecule has 1 aromatic heterocycles. The van der Waals surface area contributed by atoms with E-state index in [-0.39, 0.29) is 0 Å². The van der Waals surface area contributed by atoms with Gasteiger partial charge in [0.25, 0.3) is 0 Å². The number of anilines is 1. The molecule has 0 fully saturated rings. The van der Waals surface area contributed by atoms with Crippen LogP contribution in [0.1, 0.15) is 31.4 Å². The fourth-order valence-corrected chi connectivity index (χ4v) is 2.72. The van der Waals surface area contributed by atoms with Gasteiger partial charge in [0.1, 0.15) is 0 Å². The first-order chi connectivity index (χ1) is 13.0. The van der Waals surface area contributed by atoms with Gasteiger partial charge in [0, 0.05) is 66.4 Å². The van der Waals surface area contributed by atoms with E-state index in [1.807, 2.05) is 24.3 Å². The highest BCUT2D eigenvalue weighted by atomic mass is 35.5. The molecule has 0 saturated carbocycles. The van der Waals surface area contributed by atoms with Gasteiger partial charge < -0.3 is 11.5 Å².